The Labute approximate surface area is 108 Å². The van der Waals surface area contributed by atoms with E-state index in [-0.39, 0.29) is 5.91 Å². The van der Waals surface area contributed by atoms with Gasteiger partial charge in [-0.05, 0) is 37.3 Å². The predicted molar refractivity (Wildman–Crippen MR) is 71.2 cm³/mol. The maximum atomic E-state index is 12.1. The fraction of sp³-hybridized carbons (Fsp3) is 0.533. The van der Waals surface area contributed by atoms with Crippen LogP contribution in [0.2, 0.25) is 0 Å². The molecule has 1 heterocycles. The molecular formula is C15H21NO2. The summed E-state index contributed by atoms with van der Waals surface area (Å²) in [4.78, 5) is 14.0. The van der Waals surface area contributed by atoms with Gasteiger partial charge in [-0.2, -0.15) is 0 Å². The Kier molecular flexibility index (Phi) is 4.37. The Balaban J connectivity index is 1.94. The van der Waals surface area contributed by atoms with Gasteiger partial charge in [-0.3, -0.25) is 4.79 Å². The number of carbonyl (C=O) groups is 1. The average Bonchev–Trinajstić information content (AvgIpc) is 2.40. The van der Waals surface area contributed by atoms with Crippen LogP contribution >= 0.6 is 0 Å². The Hall–Kier alpha value is -1.35. The van der Waals surface area contributed by atoms with E-state index in [1.807, 2.05) is 29.2 Å². The highest BCUT2D eigenvalue weighted by molar-refractivity contribution is 5.78. The van der Waals surface area contributed by atoms with Gasteiger partial charge in [0, 0.05) is 13.1 Å². The molecule has 0 aliphatic carbocycles. The third-order valence-corrected chi connectivity index (χ3v) is 3.53. The molecule has 1 aromatic rings. The van der Waals surface area contributed by atoms with E-state index in [1.54, 1.807) is 6.92 Å². The second-order valence-corrected chi connectivity index (χ2v) is 5.04. The molecule has 1 atom stereocenters. The summed E-state index contributed by atoms with van der Waals surface area (Å²) in [5, 5.41) is 9.43. The monoisotopic (exact) mass is 247 g/mol. The second-order valence-electron chi connectivity index (χ2n) is 5.04. The quantitative estimate of drug-likeness (QED) is 0.890. The lowest BCUT2D eigenvalue weighted by atomic mass is 10.0. The van der Waals surface area contributed by atoms with Crippen LogP contribution in [-0.4, -0.2) is 29.0 Å². The van der Waals surface area contributed by atoms with Crippen molar-refractivity contribution in [2.45, 2.75) is 38.7 Å². The zero-order valence-corrected chi connectivity index (χ0v) is 10.9. The van der Waals surface area contributed by atoms with Crippen molar-refractivity contribution in [3.63, 3.8) is 0 Å². The molecule has 98 valence electrons. The van der Waals surface area contributed by atoms with Gasteiger partial charge in [0.25, 0.3) is 0 Å². The van der Waals surface area contributed by atoms with E-state index in [9.17, 15) is 9.90 Å². The summed E-state index contributed by atoms with van der Waals surface area (Å²) in [5.41, 5.74) is 1.92. The van der Waals surface area contributed by atoms with Crippen molar-refractivity contribution in [3.05, 3.63) is 35.4 Å². The minimum atomic E-state index is -0.447. The Morgan fingerprint density at radius 1 is 1.22 bits per heavy atom. The lowest BCUT2D eigenvalue weighted by molar-refractivity contribution is -0.131. The molecule has 1 amide bonds. The summed E-state index contributed by atoms with van der Waals surface area (Å²) in [6.07, 6.45) is 3.53. The Bertz CT molecular complexity index is 391. The van der Waals surface area contributed by atoms with Gasteiger partial charge in [0.05, 0.1) is 12.5 Å². The fourth-order valence-corrected chi connectivity index (χ4v) is 2.34. The van der Waals surface area contributed by atoms with Crippen molar-refractivity contribution in [2.24, 2.45) is 0 Å². The van der Waals surface area contributed by atoms with E-state index in [4.69, 9.17) is 0 Å². The summed E-state index contributed by atoms with van der Waals surface area (Å²) in [6, 6.07) is 7.65. The van der Waals surface area contributed by atoms with E-state index in [0.717, 1.165) is 37.1 Å². The summed E-state index contributed by atoms with van der Waals surface area (Å²) in [7, 11) is 0. The number of amides is 1. The van der Waals surface area contributed by atoms with Gasteiger partial charge in [0.2, 0.25) is 5.91 Å². The lowest BCUT2D eigenvalue weighted by Crippen LogP contribution is -2.36. The van der Waals surface area contributed by atoms with Crippen LogP contribution in [0.15, 0.2) is 24.3 Å². The van der Waals surface area contributed by atoms with Gasteiger partial charge < -0.3 is 10.0 Å². The predicted octanol–water partition coefficient (Wildman–Crippen LogP) is 2.29. The van der Waals surface area contributed by atoms with Crippen molar-refractivity contribution in [2.75, 3.05) is 13.1 Å². The van der Waals surface area contributed by atoms with Crippen LogP contribution in [0.3, 0.4) is 0 Å². The van der Waals surface area contributed by atoms with Gasteiger partial charge in [-0.1, -0.05) is 24.3 Å². The third-order valence-electron chi connectivity index (χ3n) is 3.53. The first-order valence-corrected chi connectivity index (χ1v) is 6.71. The molecule has 0 radical (unpaired) electrons. The lowest BCUT2D eigenvalue weighted by Gasteiger charge is -2.26. The van der Waals surface area contributed by atoms with Crippen molar-refractivity contribution < 1.29 is 9.90 Å². The van der Waals surface area contributed by atoms with Crippen molar-refractivity contribution in [1.82, 2.24) is 4.90 Å². The first kappa shape index (κ1) is 13.1. The number of hydrogen-bond acceptors (Lipinski definition) is 2. The van der Waals surface area contributed by atoms with Crippen LogP contribution in [0, 0.1) is 0 Å². The van der Waals surface area contributed by atoms with Crippen LogP contribution in [0.4, 0.5) is 0 Å². The zero-order chi connectivity index (χ0) is 13.0. The molecule has 2 rings (SSSR count). The van der Waals surface area contributed by atoms with Gasteiger partial charge >= 0.3 is 0 Å². The topological polar surface area (TPSA) is 40.5 Å². The largest absolute Gasteiger partial charge is 0.389 e. The van der Waals surface area contributed by atoms with E-state index in [0.29, 0.717) is 6.42 Å². The van der Waals surface area contributed by atoms with E-state index in [1.165, 1.54) is 6.42 Å². The zero-order valence-electron chi connectivity index (χ0n) is 10.9. The molecule has 3 nitrogen and oxygen atoms in total. The minimum absolute atomic E-state index is 0.222. The molecule has 0 saturated carbocycles. The van der Waals surface area contributed by atoms with Crippen LogP contribution < -0.4 is 0 Å². The number of benzene rings is 1. The van der Waals surface area contributed by atoms with Crippen molar-refractivity contribution in [1.29, 1.82) is 0 Å². The van der Waals surface area contributed by atoms with Crippen molar-refractivity contribution >= 4 is 5.91 Å². The first-order valence-electron chi connectivity index (χ1n) is 6.71. The van der Waals surface area contributed by atoms with Crippen LogP contribution in [-0.2, 0) is 11.2 Å². The molecule has 1 N–H and O–H groups in total. The number of rotatable bonds is 3. The van der Waals surface area contributed by atoms with Crippen LogP contribution in [0.1, 0.15) is 43.4 Å². The van der Waals surface area contributed by atoms with E-state index in [2.05, 4.69) is 0 Å². The van der Waals surface area contributed by atoms with Crippen LogP contribution in [0.25, 0.3) is 0 Å². The van der Waals surface area contributed by atoms with Gasteiger partial charge in [0.15, 0.2) is 0 Å². The maximum absolute atomic E-state index is 12.1. The highest BCUT2D eigenvalue weighted by Crippen LogP contribution is 2.15. The molecule has 0 bridgehead atoms. The SMILES string of the molecule is CC(O)c1ccc(CC(=O)N2CCCCC2)cc1. The number of nitrogens with zero attached hydrogens (tertiary/aromatic N) is 1. The summed E-state index contributed by atoms with van der Waals surface area (Å²) in [5.74, 6) is 0.222. The number of hydrogen-bond donors (Lipinski definition) is 1. The van der Waals surface area contributed by atoms with Gasteiger partial charge in [-0.25, -0.2) is 0 Å². The highest BCUT2D eigenvalue weighted by atomic mass is 16.3. The van der Waals surface area contributed by atoms with Crippen molar-refractivity contribution in [3.8, 4) is 0 Å². The smallest absolute Gasteiger partial charge is 0.226 e. The summed E-state index contributed by atoms with van der Waals surface area (Å²) in [6.45, 7) is 3.56. The third kappa shape index (κ3) is 3.33. The van der Waals surface area contributed by atoms with Crippen LogP contribution in [0.5, 0.6) is 0 Å². The maximum Gasteiger partial charge on any atom is 0.226 e. The summed E-state index contributed by atoms with van der Waals surface area (Å²) < 4.78 is 0. The van der Waals surface area contributed by atoms with E-state index >= 15 is 0 Å². The Morgan fingerprint density at radius 3 is 2.39 bits per heavy atom. The molecule has 1 saturated heterocycles. The highest BCUT2D eigenvalue weighted by Gasteiger charge is 2.16. The van der Waals surface area contributed by atoms with E-state index < -0.39 is 6.10 Å². The summed E-state index contributed by atoms with van der Waals surface area (Å²) >= 11 is 0. The average molecular weight is 247 g/mol. The molecule has 1 aromatic carbocycles. The van der Waals surface area contributed by atoms with Gasteiger partial charge in [0.1, 0.15) is 0 Å². The number of piperidine rings is 1. The fourth-order valence-electron chi connectivity index (χ4n) is 2.34. The minimum Gasteiger partial charge on any atom is -0.389 e. The molecule has 3 heteroatoms. The molecule has 1 unspecified atom stereocenters. The standard InChI is InChI=1S/C15H21NO2/c1-12(17)14-7-5-13(6-8-14)11-15(18)16-9-3-2-4-10-16/h5-8,12,17H,2-4,9-11H2,1H3. The number of aliphatic hydroxyl groups excluding tert-OH is 1. The number of aliphatic hydroxyl groups is 1. The molecule has 1 aliphatic rings. The first-order chi connectivity index (χ1) is 8.66. The number of likely N-dealkylation sites (tertiary alicyclic amines) is 1. The number of carbonyl (C=O) groups excluding carboxylic acids is 1. The van der Waals surface area contributed by atoms with Gasteiger partial charge in [-0.15, -0.1) is 0 Å². The molecule has 18 heavy (non-hydrogen) atoms. The molecule has 1 aliphatic heterocycles. The molecule has 0 spiro atoms. The second kappa shape index (κ2) is 6.01. The normalized spacial score (nSPS) is 17.6. The molecule has 1 fully saturated rings. The molecule has 0 aromatic heterocycles. The Morgan fingerprint density at radius 2 is 1.83 bits per heavy atom. The molecular weight excluding hydrogens is 226 g/mol.